The summed E-state index contributed by atoms with van der Waals surface area (Å²) >= 11 is 0. The van der Waals surface area contributed by atoms with Crippen molar-refractivity contribution in [3.8, 4) is 23.0 Å². The first-order valence-electron chi connectivity index (χ1n) is 7.46. The van der Waals surface area contributed by atoms with E-state index in [4.69, 9.17) is 8.94 Å². The number of hydrogen-bond acceptors (Lipinski definition) is 7. The van der Waals surface area contributed by atoms with Gasteiger partial charge in [-0.15, -0.1) is 0 Å². The van der Waals surface area contributed by atoms with E-state index in [1.807, 2.05) is 36.4 Å². The van der Waals surface area contributed by atoms with Crippen LogP contribution >= 0.6 is 0 Å². The van der Waals surface area contributed by atoms with E-state index >= 15 is 0 Å². The Morgan fingerprint density at radius 2 is 1.96 bits per heavy atom. The Morgan fingerprint density at radius 3 is 2.79 bits per heavy atom. The van der Waals surface area contributed by atoms with Crippen molar-refractivity contribution in [3.05, 3.63) is 54.6 Å². The van der Waals surface area contributed by atoms with Gasteiger partial charge in [-0.05, 0) is 29.4 Å². The van der Waals surface area contributed by atoms with Gasteiger partial charge in [-0.1, -0.05) is 18.2 Å². The number of rotatable bonds is 6. The smallest absolute Gasteiger partial charge is 0.263 e. The molecule has 0 aliphatic carbocycles. The summed E-state index contributed by atoms with van der Waals surface area (Å²) in [6, 6.07) is 13.2. The molecule has 0 amide bonds. The number of aromatic amines is 1. The van der Waals surface area contributed by atoms with Gasteiger partial charge < -0.3 is 14.3 Å². The normalized spacial score (nSPS) is 10.8. The summed E-state index contributed by atoms with van der Waals surface area (Å²) in [6.07, 6.45) is 2.23. The number of nitrogens with zero attached hydrogens (tertiary/aromatic N) is 4. The van der Waals surface area contributed by atoms with Gasteiger partial charge >= 0.3 is 0 Å². The first-order valence-corrected chi connectivity index (χ1v) is 7.46. The number of benzene rings is 1. The average Bonchev–Trinajstić information content (AvgIpc) is 3.37. The van der Waals surface area contributed by atoms with Crippen molar-refractivity contribution in [2.75, 3.05) is 11.9 Å². The van der Waals surface area contributed by atoms with E-state index in [2.05, 4.69) is 30.6 Å². The number of H-pyrrole nitrogens is 1. The van der Waals surface area contributed by atoms with E-state index in [9.17, 15) is 0 Å². The number of aromatic nitrogens is 5. The maximum Gasteiger partial charge on any atom is 0.263 e. The molecule has 24 heavy (non-hydrogen) atoms. The van der Waals surface area contributed by atoms with E-state index in [0.717, 1.165) is 11.4 Å². The molecule has 0 bridgehead atoms. The highest BCUT2D eigenvalue weighted by Crippen LogP contribution is 2.18. The van der Waals surface area contributed by atoms with Crippen molar-refractivity contribution in [1.29, 1.82) is 0 Å². The zero-order valence-electron chi connectivity index (χ0n) is 12.6. The summed E-state index contributed by atoms with van der Waals surface area (Å²) in [6.45, 7) is 0.598. The zero-order valence-corrected chi connectivity index (χ0v) is 12.6. The van der Waals surface area contributed by atoms with Crippen LogP contribution < -0.4 is 5.32 Å². The highest BCUT2D eigenvalue weighted by atomic mass is 16.5. The SMILES string of the molecule is c1ccc(-c2nc(NCCc3nc(-c4ccco4)n[nH]3)no2)cc1. The second-order valence-electron chi connectivity index (χ2n) is 5.05. The summed E-state index contributed by atoms with van der Waals surface area (Å²) in [5, 5.41) is 14.0. The molecule has 0 unspecified atom stereocenters. The lowest BCUT2D eigenvalue weighted by Gasteiger charge is -1.97. The van der Waals surface area contributed by atoms with Crippen molar-refractivity contribution in [3.63, 3.8) is 0 Å². The molecule has 0 fully saturated rings. The average molecular weight is 322 g/mol. The lowest BCUT2D eigenvalue weighted by Crippen LogP contribution is -2.07. The Morgan fingerprint density at radius 1 is 1.04 bits per heavy atom. The standard InChI is InChI=1S/C16H14N6O2/c1-2-5-11(6-3-1)15-19-16(22-24-15)17-9-8-13-18-14(21-20-13)12-7-4-10-23-12/h1-7,10H,8-9H2,(H,17,22)(H,18,20,21). The van der Waals surface area contributed by atoms with E-state index in [-0.39, 0.29) is 0 Å². The van der Waals surface area contributed by atoms with Gasteiger partial charge in [0.2, 0.25) is 5.82 Å². The minimum absolute atomic E-state index is 0.444. The molecule has 3 aromatic heterocycles. The molecule has 0 radical (unpaired) electrons. The van der Waals surface area contributed by atoms with Crippen LogP contribution in [0.2, 0.25) is 0 Å². The van der Waals surface area contributed by atoms with Crippen LogP contribution in [0.1, 0.15) is 5.82 Å². The fourth-order valence-electron chi connectivity index (χ4n) is 2.21. The van der Waals surface area contributed by atoms with E-state index in [1.165, 1.54) is 0 Å². The molecule has 0 spiro atoms. The molecule has 2 N–H and O–H groups in total. The fraction of sp³-hybridized carbons (Fsp3) is 0.125. The van der Waals surface area contributed by atoms with Crippen molar-refractivity contribution in [2.45, 2.75) is 6.42 Å². The largest absolute Gasteiger partial charge is 0.461 e. The molecular weight excluding hydrogens is 308 g/mol. The highest BCUT2D eigenvalue weighted by molar-refractivity contribution is 5.53. The van der Waals surface area contributed by atoms with Gasteiger partial charge in [-0.3, -0.25) is 5.10 Å². The van der Waals surface area contributed by atoms with Crippen LogP contribution in [0, 0.1) is 0 Å². The minimum atomic E-state index is 0.444. The quantitative estimate of drug-likeness (QED) is 0.562. The monoisotopic (exact) mass is 322 g/mol. The van der Waals surface area contributed by atoms with E-state index in [1.54, 1.807) is 12.3 Å². The van der Waals surface area contributed by atoms with Crippen LogP contribution in [-0.2, 0) is 6.42 Å². The third-order valence-electron chi connectivity index (χ3n) is 3.36. The molecule has 0 aliphatic rings. The second kappa shape index (κ2) is 6.37. The molecule has 0 saturated heterocycles. The van der Waals surface area contributed by atoms with Crippen LogP contribution in [0.15, 0.2) is 57.7 Å². The third-order valence-corrected chi connectivity index (χ3v) is 3.36. The van der Waals surface area contributed by atoms with Crippen molar-refractivity contribution < 1.29 is 8.94 Å². The lowest BCUT2D eigenvalue weighted by molar-refractivity contribution is 0.432. The second-order valence-corrected chi connectivity index (χ2v) is 5.05. The van der Waals surface area contributed by atoms with Crippen LogP contribution in [0.25, 0.3) is 23.0 Å². The van der Waals surface area contributed by atoms with Gasteiger partial charge in [0.25, 0.3) is 11.8 Å². The van der Waals surface area contributed by atoms with Crippen molar-refractivity contribution in [2.24, 2.45) is 0 Å². The maximum absolute atomic E-state index is 5.26. The molecule has 8 nitrogen and oxygen atoms in total. The molecular formula is C16H14N6O2. The number of anilines is 1. The Labute approximate surface area is 136 Å². The molecule has 4 aromatic rings. The summed E-state index contributed by atoms with van der Waals surface area (Å²) in [5.41, 5.74) is 0.886. The summed E-state index contributed by atoms with van der Waals surface area (Å²) in [4.78, 5) is 8.68. The van der Waals surface area contributed by atoms with Gasteiger partial charge in [0.15, 0.2) is 5.76 Å². The molecule has 8 heteroatoms. The summed E-state index contributed by atoms with van der Waals surface area (Å²) < 4.78 is 10.5. The van der Waals surface area contributed by atoms with Gasteiger partial charge in [0.05, 0.1) is 6.26 Å². The lowest BCUT2D eigenvalue weighted by atomic mass is 10.2. The van der Waals surface area contributed by atoms with Crippen LogP contribution in [0.4, 0.5) is 5.95 Å². The maximum atomic E-state index is 5.26. The van der Waals surface area contributed by atoms with Gasteiger partial charge in [-0.25, -0.2) is 4.98 Å². The molecule has 3 heterocycles. The predicted molar refractivity (Wildman–Crippen MR) is 86.0 cm³/mol. The van der Waals surface area contributed by atoms with Crippen LogP contribution in [-0.4, -0.2) is 31.9 Å². The minimum Gasteiger partial charge on any atom is -0.461 e. The fourth-order valence-corrected chi connectivity index (χ4v) is 2.21. The highest BCUT2D eigenvalue weighted by Gasteiger charge is 2.10. The number of nitrogens with one attached hydrogen (secondary N) is 2. The third kappa shape index (κ3) is 3.02. The topological polar surface area (TPSA) is 106 Å². The van der Waals surface area contributed by atoms with Crippen molar-refractivity contribution >= 4 is 5.95 Å². The molecule has 0 atom stereocenters. The zero-order chi connectivity index (χ0) is 16.2. The molecule has 120 valence electrons. The molecule has 0 saturated carbocycles. The van der Waals surface area contributed by atoms with Gasteiger partial charge in [0, 0.05) is 18.5 Å². The molecule has 0 aliphatic heterocycles. The Kier molecular flexibility index (Phi) is 3.77. The number of furan rings is 1. The molecule has 1 aromatic carbocycles. The summed E-state index contributed by atoms with van der Waals surface area (Å²) in [5.74, 6) is 2.86. The molecule has 4 rings (SSSR count). The first-order chi connectivity index (χ1) is 11.9. The predicted octanol–water partition coefficient (Wildman–Crippen LogP) is 2.77. The van der Waals surface area contributed by atoms with Gasteiger partial charge in [0.1, 0.15) is 5.82 Å². The Balaban J connectivity index is 1.34. The van der Waals surface area contributed by atoms with E-state index < -0.39 is 0 Å². The Bertz CT molecular complexity index is 898. The van der Waals surface area contributed by atoms with Gasteiger partial charge in [-0.2, -0.15) is 10.1 Å². The number of hydrogen-bond donors (Lipinski definition) is 2. The van der Waals surface area contributed by atoms with E-state index in [0.29, 0.717) is 36.4 Å². The summed E-state index contributed by atoms with van der Waals surface area (Å²) in [7, 11) is 0. The van der Waals surface area contributed by atoms with Crippen LogP contribution in [0.5, 0.6) is 0 Å². The van der Waals surface area contributed by atoms with Crippen LogP contribution in [0.3, 0.4) is 0 Å². The van der Waals surface area contributed by atoms with Crippen molar-refractivity contribution in [1.82, 2.24) is 25.3 Å². The first kappa shape index (κ1) is 14.2. The Hall–Kier alpha value is -3.42.